The van der Waals surface area contributed by atoms with E-state index in [1.807, 2.05) is 60.8 Å². The van der Waals surface area contributed by atoms with Crippen LogP contribution in [0.5, 0.6) is 5.75 Å². The molecule has 0 spiro atoms. The lowest BCUT2D eigenvalue weighted by Gasteiger charge is -2.26. The van der Waals surface area contributed by atoms with Gasteiger partial charge >= 0.3 is 0 Å². The molecule has 1 aliphatic heterocycles. The van der Waals surface area contributed by atoms with Gasteiger partial charge in [0.2, 0.25) is 0 Å². The molecule has 5 rings (SSSR count). The Morgan fingerprint density at radius 1 is 1.03 bits per heavy atom. The summed E-state index contributed by atoms with van der Waals surface area (Å²) in [5.41, 5.74) is 3.32. The first-order valence-electron chi connectivity index (χ1n) is 12.7. The standard InChI is InChI=1S/C29H31N3O3S2.ClH/c1-20-18-36-27-25(20)28(34)31(2)29(30-27)37-19-21-6-8-22(9-7-21)26(33)23-10-12-24(13-11-23)35-17-16-32-14-4-3-5-15-32;/h6-13,18H,3-5,14-17,19H2,1-2H3;1H. The van der Waals surface area contributed by atoms with Gasteiger partial charge in [0.1, 0.15) is 17.2 Å². The van der Waals surface area contributed by atoms with Gasteiger partial charge in [-0.15, -0.1) is 23.7 Å². The maximum absolute atomic E-state index is 13.0. The van der Waals surface area contributed by atoms with Crippen LogP contribution in [0, 0.1) is 6.92 Å². The number of ketones is 1. The Morgan fingerprint density at radius 3 is 2.37 bits per heavy atom. The lowest BCUT2D eigenvalue weighted by molar-refractivity contribution is 0.103. The minimum atomic E-state index is -0.0124. The molecule has 2 aromatic heterocycles. The Balaban J connectivity index is 0.00000336. The fourth-order valence-corrected chi connectivity index (χ4v) is 6.45. The number of nitrogens with zero attached hydrogens (tertiary/aromatic N) is 3. The van der Waals surface area contributed by atoms with Gasteiger partial charge < -0.3 is 4.74 Å². The molecule has 1 saturated heterocycles. The lowest BCUT2D eigenvalue weighted by atomic mass is 10.0. The number of fused-ring (bicyclic) bond motifs is 1. The third-order valence-corrected chi connectivity index (χ3v) is 8.87. The first-order chi connectivity index (χ1) is 18.0. The van der Waals surface area contributed by atoms with Crippen LogP contribution in [0.3, 0.4) is 0 Å². The molecule has 200 valence electrons. The van der Waals surface area contributed by atoms with Gasteiger partial charge in [0.25, 0.3) is 5.56 Å². The van der Waals surface area contributed by atoms with Gasteiger partial charge in [0, 0.05) is 30.5 Å². The van der Waals surface area contributed by atoms with E-state index in [1.165, 1.54) is 42.4 Å². The molecule has 4 aromatic rings. The van der Waals surface area contributed by atoms with Crippen LogP contribution in [-0.4, -0.2) is 46.5 Å². The van der Waals surface area contributed by atoms with Crippen molar-refractivity contribution in [2.45, 2.75) is 37.1 Å². The van der Waals surface area contributed by atoms with E-state index in [2.05, 4.69) is 9.88 Å². The highest BCUT2D eigenvalue weighted by Gasteiger charge is 2.14. The van der Waals surface area contributed by atoms with Crippen LogP contribution in [0.25, 0.3) is 10.2 Å². The Bertz CT molecular complexity index is 1440. The zero-order valence-electron chi connectivity index (χ0n) is 21.6. The molecular formula is C29H32ClN3O3S2. The van der Waals surface area contributed by atoms with Crippen molar-refractivity contribution in [2.75, 3.05) is 26.2 Å². The smallest absolute Gasteiger partial charge is 0.262 e. The Kier molecular flexibility index (Phi) is 9.65. The summed E-state index contributed by atoms with van der Waals surface area (Å²) in [7, 11) is 1.76. The second-order valence-electron chi connectivity index (χ2n) is 9.45. The van der Waals surface area contributed by atoms with E-state index in [0.29, 0.717) is 34.0 Å². The van der Waals surface area contributed by atoms with Crippen molar-refractivity contribution in [3.8, 4) is 5.75 Å². The van der Waals surface area contributed by atoms with E-state index in [0.717, 1.165) is 41.3 Å². The molecule has 1 aliphatic rings. The van der Waals surface area contributed by atoms with Gasteiger partial charge in [0.15, 0.2) is 10.9 Å². The van der Waals surface area contributed by atoms with Gasteiger partial charge in [-0.3, -0.25) is 19.1 Å². The largest absolute Gasteiger partial charge is 0.492 e. The fraction of sp³-hybridized carbons (Fsp3) is 0.345. The number of ether oxygens (including phenoxy) is 1. The van der Waals surface area contributed by atoms with Crippen molar-refractivity contribution in [3.05, 3.63) is 86.5 Å². The summed E-state index contributed by atoms with van der Waals surface area (Å²) in [6.45, 7) is 5.87. The summed E-state index contributed by atoms with van der Waals surface area (Å²) in [5.74, 6) is 1.44. The van der Waals surface area contributed by atoms with E-state index in [1.54, 1.807) is 11.6 Å². The molecule has 1 fully saturated rings. The number of halogens is 1. The normalized spacial score (nSPS) is 13.8. The molecule has 2 aromatic carbocycles. The highest BCUT2D eigenvalue weighted by Crippen LogP contribution is 2.26. The fourth-order valence-electron chi connectivity index (χ4n) is 4.56. The van der Waals surface area contributed by atoms with Crippen LogP contribution in [0.1, 0.15) is 46.3 Å². The Labute approximate surface area is 237 Å². The van der Waals surface area contributed by atoms with Gasteiger partial charge in [-0.2, -0.15) is 0 Å². The molecule has 0 saturated carbocycles. The number of rotatable bonds is 9. The second-order valence-corrected chi connectivity index (χ2v) is 11.2. The molecule has 0 bridgehead atoms. The molecule has 0 atom stereocenters. The number of hydrogen-bond acceptors (Lipinski definition) is 7. The van der Waals surface area contributed by atoms with Crippen LogP contribution in [0.15, 0.2) is 63.9 Å². The van der Waals surface area contributed by atoms with Crippen molar-refractivity contribution in [3.63, 3.8) is 0 Å². The predicted molar refractivity (Wildman–Crippen MR) is 159 cm³/mol. The molecule has 9 heteroatoms. The van der Waals surface area contributed by atoms with Gasteiger partial charge in [-0.1, -0.05) is 42.4 Å². The summed E-state index contributed by atoms with van der Waals surface area (Å²) in [4.78, 5) is 33.6. The zero-order chi connectivity index (χ0) is 25.8. The maximum atomic E-state index is 13.0. The van der Waals surface area contributed by atoms with Crippen molar-refractivity contribution < 1.29 is 9.53 Å². The minimum absolute atomic E-state index is 0. The van der Waals surface area contributed by atoms with Crippen LogP contribution in [0.4, 0.5) is 0 Å². The SMILES string of the molecule is Cc1csc2nc(SCc3ccc(C(=O)c4ccc(OCCN5CCCCC5)cc4)cc3)n(C)c(=O)c12.Cl. The number of carbonyl (C=O) groups is 1. The highest BCUT2D eigenvalue weighted by molar-refractivity contribution is 7.98. The molecule has 0 unspecified atom stereocenters. The lowest BCUT2D eigenvalue weighted by Crippen LogP contribution is -2.33. The highest BCUT2D eigenvalue weighted by atomic mass is 35.5. The molecule has 38 heavy (non-hydrogen) atoms. The first kappa shape index (κ1) is 28.4. The van der Waals surface area contributed by atoms with E-state index >= 15 is 0 Å². The van der Waals surface area contributed by atoms with Gasteiger partial charge in [-0.05, 0) is 73.6 Å². The third kappa shape index (κ3) is 6.49. The quantitative estimate of drug-likeness (QED) is 0.138. The maximum Gasteiger partial charge on any atom is 0.262 e. The van der Waals surface area contributed by atoms with Crippen LogP contribution >= 0.6 is 35.5 Å². The monoisotopic (exact) mass is 569 g/mol. The number of piperidine rings is 1. The number of aromatic nitrogens is 2. The second kappa shape index (κ2) is 12.9. The average Bonchev–Trinajstić information content (AvgIpc) is 3.31. The van der Waals surface area contributed by atoms with Crippen LogP contribution in [-0.2, 0) is 12.8 Å². The van der Waals surface area contributed by atoms with Crippen LogP contribution < -0.4 is 10.3 Å². The van der Waals surface area contributed by atoms with Crippen LogP contribution in [0.2, 0.25) is 0 Å². The predicted octanol–water partition coefficient (Wildman–Crippen LogP) is 6.11. The number of carbonyl (C=O) groups excluding carboxylic acids is 1. The van der Waals surface area contributed by atoms with Gasteiger partial charge in [-0.25, -0.2) is 4.98 Å². The molecular weight excluding hydrogens is 538 g/mol. The minimum Gasteiger partial charge on any atom is -0.492 e. The zero-order valence-corrected chi connectivity index (χ0v) is 24.1. The van der Waals surface area contributed by atoms with E-state index in [-0.39, 0.29) is 23.7 Å². The van der Waals surface area contributed by atoms with Crippen molar-refractivity contribution in [1.82, 2.24) is 14.5 Å². The molecule has 0 amide bonds. The van der Waals surface area contributed by atoms with E-state index in [9.17, 15) is 9.59 Å². The summed E-state index contributed by atoms with van der Waals surface area (Å²) < 4.78 is 7.50. The molecule has 3 heterocycles. The summed E-state index contributed by atoms with van der Waals surface area (Å²) >= 11 is 3.02. The van der Waals surface area contributed by atoms with Crippen molar-refractivity contribution >= 4 is 51.5 Å². The number of likely N-dealkylation sites (tertiary alicyclic amines) is 1. The number of aryl methyl sites for hydroxylation is 1. The Morgan fingerprint density at radius 2 is 1.68 bits per heavy atom. The topological polar surface area (TPSA) is 64.4 Å². The average molecular weight is 570 g/mol. The summed E-state index contributed by atoms with van der Waals surface area (Å²) in [6.07, 6.45) is 3.89. The van der Waals surface area contributed by atoms with Crippen molar-refractivity contribution in [2.24, 2.45) is 7.05 Å². The molecule has 0 aliphatic carbocycles. The molecule has 6 nitrogen and oxygen atoms in total. The summed E-state index contributed by atoms with van der Waals surface area (Å²) in [6, 6.07) is 15.1. The molecule has 0 N–H and O–H groups in total. The third-order valence-electron chi connectivity index (χ3n) is 6.78. The number of hydrogen-bond donors (Lipinski definition) is 0. The molecule has 0 radical (unpaired) electrons. The summed E-state index contributed by atoms with van der Waals surface area (Å²) in [5, 5.41) is 3.37. The van der Waals surface area contributed by atoms with Crippen molar-refractivity contribution in [1.29, 1.82) is 0 Å². The first-order valence-corrected chi connectivity index (χ1v) is 14.5. The number of benzene rings is 2. The Hall–Kier alpha value is -2.65. The number of thiophene rings is 1. The van der Waals surface area contributed by atoms with E-state index < -0.39 is 0 Å². The number of thioether (sulfide) groups is 1. The van der Waals surface area contributed by atoms with E-state index in [4.69, 9.17) is 4.74 Å². The van der Waals surface area contributed by atoms with Gasteiger partial charge in [0.05, 0.1) is 5.39 Å².